The normalized spacial score (nSPS) is 13.9. The van der Waals surface area contributed by atoms with Crippen LogP contribution in [0.1, 0.15) is 19.3 Å². The highest BCUT2D eigenvalue weighted by Crippen LogP contribution is 2.26. The van der Waals surface area contributed by atoms with E-state index in [4.69, 9.17) is 21.4 Å². The van der Waals surface area contributed by atoms with Crippen LogP contribution in [0.2, 0.25) is 0 Å². The molecule has 0 aliphatic heterocycles. The van der Waals surface area contributed by atoms with E-state index in [1.54, 1.807) is 6.08 Å². The smallest absolute Gasteiger partial charge is 0.446 e. The van der Waals surface area contributed by atoms with Gasteiger partial charge in [0.25, 0.3) is 5.56 Å². The fraction of sp³-hybridized carbons (Fsp3) is 0.348. The molecule has 1 heterocycles. The molecule has 1 aliphatic rings. The van der Waals surface area contributed by atoms with Crippen molar-refractivity contribution in [1.29, 1.82) is 0 Å². The van der Waals surface area contributed by atoms with Crippen LogP contribution in [0.25, 0.3) is 0 Å². The van der Waals surface area contributed by atoms with Gasteiger partial charge in [-0.3, -0.25) is 13.9 Å². The summed E-state index contributed by atoms with van der Waals surface area (Å²) in [7, 11) is 1.41. The van der Waals surface area contributed by atoms with Crippen molar-refractivity contribution >= 4 is 29.5 Å². The van der Waals surface area contributed by atoms with E-state index in [9.17, 15) is 22.8 Å². The first kappa shape index (κ1) is 27.1. The Bertz CT molecular complexity index is 1300. The summed E-state index contributed by atoms with van der Waals surface area (Å²) in [5.41, 5.74) is -0.296. The Morgan fingerprint density at radius 2 is 1.97 bits per heavy atom. The highest BCUT2D eigenvalue weighted by atomic mass is 35.5. The number of anilines is 1. The van der Waals surface area contributed by atoms with Crippen LogP contribution >= 0.6 is 11.6 Å². The summed E-state index contributed by atoms with van der Waals surface area (Å²) in [5.74, 6) is -0.533. The topological polar surface area (TPSA) is 107 Å². The van der Waals surface area contributed by atoms with Gasteiger partial charge in [-0.15, -0.1) is 13.2 Å². The molecule has 3 rings (SSSR count). The summed E-state index contributed by atoms with van der Waals surface area (Å²) < 4.78 is 48.7. The largest absolute Gasteiger partial charge is 0.573 e. The van der Waals surface area contributed by atoms with Crippen molar-refractivity contribution in [2.24, 2.45) is 12.0 Å². The summed E-state index contributed by atoms with van der Waals surface area (Å²) in [5, 5.41) is 12.9. The Morgan fingerprint density at radius 3 is 2.64 bits per heavy atom. The number of halogens is 4. The Kier molecular flexibility index (Phi) is 8.99. The highest BCUT2D eigenvalue weighted by molar-refractivity contribution is 6.29. The number of ether oxygens (including phenoxy) is 2. The van der Waals surface area contributed by atoms with E-state index < -0.39 is 23.4 Å². The van der Waals surface area contributed by atoms with Gasteiger partial charge in [-0.05, 0) is 37.5 Å². The number of nitrogens with one attached hydrogen (secondary N) is 1. The van der Waals surface area contributed by atoms with Gasteiger partial charge in [0, 0.05) is 37.8 Å². The lowest BCUT2D eigenvalue weighted by atomic mass is 10.1. The van der Waals surface area contributed by atoms with Crippen molar-refractivity contribution in [2.45, 2.75) is 32.2 Å². The molecule has 0 radical (unpaired) electrons. The molecule has 13 heteroatoms. The first-order valence-corrected chi connectivity index (χ1v) is 11.2. The average Bonchev–Trinajstić information content (AvgIpc) is 2.82. The van der Waals surface area contributed by atoms with Gasteiger partial charge < -0.3 is 19.9 Å². The molecule has 1 aromatic carbocycles. The molecule has 36 heavy (non-hydrogen) atoms. The van der Waals surface area contributed by atoms with Gasteiger partial charge in [0.05, 0.1) is 0 Å². The minimum Gasteiger partial charge on any atom is -0.446 e. The standard InChI is InChI=1S/C23H24ClF3N4O5/c1-30-20(29-14-35-17-4-2-5-18(12-17)36-23(25,26)27)19(21(33)31(22(30)34)10-3-11-32)28-13-15-6-8-16(24)9-7-15/h2,4-6,8,12,14,28,32H,3,7,9-11,13H2,1H3/b29-14+. The van der Waals surface area contributed by atoms with Crippen molar-refractivity contribution in [3.63, 3.8) is 0 Å². The summed E-state index contributed by atoms with van der Waals surface area (Å²) in [4.78, 5) is 30.0. The van der Waals surface area contributed by atoms with Gasteiger partial charge in [-0.25, -0.2) is 4.79 Å². The molecule has 0 saturated heterocycles. The second-order valence-corrected chi connectivity index (χ2v) is 8.23. The third-order valence-corrected chi connectivity index (χ3v) is 5.45. The predicted molar refractivity (Wildman–Crippen MR) is 129 cm³/mol. The maximum absolute atomic E-state index is 13.1. The molecule has 2 aromatic rings. The molecule has 0 atom stereocenters. The molecule has 0 saturated carbocycles. The van der Waals surface area contributed by atoms with E-state index in [2.05, 4.69) is 15.0 Å². The van der Waals surface area contributed by atoms with E-state index in [-0.39, 0.29) is 43.4 Å². The Hall–Kier alpha value is -3.51. The first-order valence-electron chi connectivity index (χ1n) is 10.9. The zero-order valence-electron chi connectivity index (χ0n) is 19.2. The number of aromatic nitrogens is 2. The molecule has 0 fully saturated rings. The zero-order valence-corrected chi connectivity index (χ0v) is 20.0. The number of aliphatic imine (C=N–C) groups is 1. The number of hydrogen-bond donors (Lipinski definition) is 2. The van der Waals surface area contributed by atoms with E-state index >= 15 is 0 Å². The van der Waals surface area contributed by atoms with Crippen LogP contribution in [-0.4, -0.2) is 40.2 Å². The van der Waals surface area contributed by atoms with Gasteiger partial charge in [-0.2, -0.15) is 4.99 Å². The lowest BCUT2D eigenvalue weighted by Gasteiger charge is -2.17. The van der Waals surface area contributed by atoms with Crippen molar-refractivity contribution in [3.05, 3.63) is 67.9 Å². The molecule has 1 aromatic heterocycles. The monoisotopic (exact) mass is 528 g/mol. The van der Waals surface area contributed by atoms with Crippen molar-refractivity contribution in [3.8, 4) is 11.5 Å². The van der Waals surface area contributed by atoms with Crippen molar-refractivity contribution in [2.75, 3.05) is 18.5 Å². The molecule has 9 nitrogen and oxygen atoms in total. The number of alkyl halides is 3. The number of nitrogens with zero attached hydrogens (tertiary/aromatic N) is 3. The molecule has 0 spiro atoms. The maximum Gasteiger partial charge on any atom is 0.573 e. The molecule has 1 aliphatic carbocycles. The van der Waals surface area contributed by atoms with Crippen molar-refractivity contribution < 1.29 is 27.8 Å². The van der Waals surface area contributed by atoms with Gasteiger partial charge in [0.15, 0.2) is 12.2 Å². The zero-order chi connectivity index (χ0) is 26.3. The van der Waals surface area contributed by atoms with Crippen LogP contribution in [0.4, 0.5) is 24.7 Å². The highest BCUT2D eigenvalue weighted by Gasteiger charge is 2.31. The number of hydrogen-bond acceptors (Lipinski definition) is 7. The van der Waals surface area contributed by atoms with Gasteiger partial charge in [0.2, 0.25) is 0 Å². The molecule has 194 valence electrons. The minimum absolute atomic E-state index is 0.00419. The number of benzene rings is 1. The number of allylic oxidation sites excluding steroid dienone is 3. The summed E-state index contributed by atoms with van der Waals surface area (Å²) in [6.45, 7) is 0.0851. The maximum atomic E-state index is 13.1. The number of aliphatic hydroxyl groups is 1. The van der Waals surface area contributed by atoms with Crippen molar-refractivity contribution in [1.82, 2.24) is 9.13 Å². The molecule has 2 N–H and O–H groups in total. The Balaban J connectivity index is 1.91. The number of aliphatic hydroxyl groups excluding tert-OH is 1. The van der Waals surface area contributed by atoms with E-state index in [1.807, 2.05) is 6.08 Å². The Labute approximate surface area is 208 Å². The van der Waals surface area contributed by atoms with Crippen LogP contribution in [-0.2, 0) is 13.6 Å². The van der Waals surface area contributed by atoms with Crippen LogP contribution in [0.5, 0.6) is 11.5 Å². The third-order valence-electron chi connectivity index (χ3n) is 5.14. The second kappa shape index (κ2) is 12.0. The first-order chi connectivity index (χ1) is 17.1. The minimum atomic E-state index is -4.86. The summed E-state index contributed by atoms with van der Waals surface area (Å²) >= 11 is 5.99. The third kappa shape index (κ3) is 7.25. The SMILES string of the molecule is Cn1c(/N=C/Oc2cccc(OC(F)(F)F)c2)c(NCC2=CC=C(Cl)CC2)c(=O)n(CCCO)c1=O. The van der Waals surface area contributed by atoms with Crippen LogP contribution < -0.4 is 26.0 Å². The quantitative estimate of drug-likeness (QED) is 0.359. The average molecular weight is 529 g/mol. The van der Waals surface area contributed by atoms with Gasteiger partial charge in [-0.1, -0.05) is 29.3 Å². The molecule has 0 bridgehead atoms. The molecule has 0 unspecified atom stereocenters. The van der Waals surface area contributed by atoms with E-state index in [1.165, 1.54) is 19.2 Å². The summed E-state index contributed by atoms with van der Waals surface area (Å²) in [6, 6.07) is 4.80. The molecule has 0 amide bonds. The van der Waals surface area contributed by atoms with E-state index in [0.717, 1.165) is 38.3 Å². The van der Waals surface area contributed by atoms with Gasteiger partial charge in [0.1, 0.15) is 17.2 Å². The van der Waals surface area contributed by atoms with E-state index in [0.29, 0.717) is 12.8 Å². The predicted octanol–water partition coefficient (Wildman–Crippen LogP) is 3.82. The lowest BCUT2D eigenvalue weighted by Crippen LogP contribution is -2.40. The van der Waals surface area contributed by atoms with Crippen LogP contribution in [0.15, 0.2) is 61.6 Å². The molecular formula is C23H24ClF3N4O5. The lowest BCUT2D eigenvalue weighted by molar-refractivity contribution is -0.274. The fourth-order valence-electron chi connectivity index (χ4n) is 3.37. The molecular weight excluding hydrogens is 505 g/mol. The number of rotatable bonds is 10. The van der Waals surface area contributed by atoms with Gasteiger partial charge >= 0.3 is 12.1 Å². The summed E-state index contributed by atoms with van der Waals surface area (Å²) in [6.07, 6.45) is 1.21. The van der Waals surface area contributed by atoms with Crippen LogP contribution in [0.3, 0.4) is 0 Å². The fourth-order valence-corrected chi connectivity index (χ4v) is 3.53. The Morgan fingerprint density at radius 1 is 1.22 bits per heavy atom. The second-order valence-electron chi connectivity index (χ2n) is 7.74. The van der Waals surface area contributed by atoms with Crippen LogP contribution in [0, 0.1) is 0 Å².